The average Bonchev–Trinajstić information content (AvgIpc) is 2.73. The summed E-state index contributed by atoms with van der Waals surface area (Å²) in [4.78, 5) is 22.5. The van der Waals surface area contributed by atoms with Crippen LogP contribution in [0, 0.1) is 25.7 Å². The second kappa shape index (κ2) is 7.08. The monoisotopic (exact) mass is 277 g/mol. The van der Waals surface area contributed by atoms with Crippen LogP contribution in [-0.4, -0.2) is 24.0 Å². The second-order valence-electron chi connectivity index (χ2n) is 5.56. The fraction of sp³-hybridized carbons (Fsp3) is 0.500. The minimum Gasteiger partial charge on any atom is -0.483 e. The van der Waals surface area contributed by atoms with E-state index in [9.17, 15) is 4.79 Å². The molecular formula is C16H23NO3. The minimum atomic E-state index is -0.250. The van der Waals surface area contributed by atoms with E-state index in [-0.39, 0.29) is 12.4 Å². The molecule has 20 heavy (non-hydrogen) atoms. The summed E-state index contributed by atoms with van der Waals surface area (Å²) in [5.74, 6) is 1.36. The van der Waals surface area contributed by atoms with Crippen LogP contribution in [0.4, 0.5) is 5.69 Å². The number of hydrogen-bond acceptors (Lipinski definition) is 2. The fourth-order valence-corrected chi connectivity index (χ4v) is 2.63. The number of carboxylic acid groups (broad SMARTS) is 1. The van der Waals surface area contributed by atoms with Crippen LogP contribution in [-0.2, 0) is 9.59 Å². The SMILES string of the molecule is Cc1cccc(C)c1N1CC(C(C)C)CC1=O.O=CO. The van der Waals surface area contributed by atoms with Gasteiger partial charge in [0.25, 0.3) is 6.47 Å². The summed E-state index contributed by atoms with van der Waals surface area (Å²) in [7, 11) is 0. The lowest BCUT2D eigenvalue weighted by atomic mass is 9.95. The Morgan fingerprint density at radius 3 is 2.20 bits per heavy atom. The zero-order chi connectivity index (χ0) is 15.3. The Hall–Kier alpha value is -1.84. The van der Waals surface area contributed by atoms with Crippen LogP contribution < -0.4 is 4.90 Å². The Kier molecular flexibility index (Phi) is 5.74. The zero-order valence-electron chi connectivity index (χ0n) is 12.6. The minimum absolute atomic E-state index is 0.250. The number of nitrogens with zero attached hydrogens (tertiary/aromatic N) is 1. The molecule has 0 bridgehead atoms. The summed E-state index contributed by atoms with van der Waals surface area (Å²) in [6.45, 7) is 9.19. The lowest BCUT2D eigenvalue weighted by Gasteiger charge is -2.22. The normalized spacial score (nSPS) is 17.9. The summed E-state index contributed by atoms with van der Waals surface area (Å²) in [6.07, 6.45) is 0.700. The number of aryl methyl sites for hydroxylation is 2. The van der Waals surface area contributed by atoms with Gasteiger partial charge in [-0.2, -0.15) is 0 Å². The number of carbonyl (C=O) groups excluding carboxylic acids is 1. The van der Waals surface area contributed by atoms with Crippen molar-refractivity contribution >= 4 is 18.1 Å². The summed E-state index contributed by atoms with van der Waals surface area (Å²) in [6, 6.07) is 6.21. The van der Waals surface area contributed by atoms with Gasteiger partial charge < -0.3 is 10.0 Å². The van der Waals surface area contributed by atoms with Crippen LogP contribution in [0.3, 0.4) is 0 Å². The molecule has 0 spiro atoms. The summed E-state index contributed by atoms with van der Waals surface area (Å²) in [5, 5.41) is 6.89. The lowest BCUT2D eigenvalue weighted by molar-refractivity contribution is -0.123. The smallest absolute Gasteiger partial charge is 0.290 e. The molecule has 1 amide bonds. The highest BCUT2D eigenvalue weighted by Gasteiger charge is 2.33. The Labute approximate surface area is 120 Å². The molecule has 0 aromatic heterocycles. The number of benzene rings is 1. The number of rotatable bonds is 2. The van der Waals surface area contributed by atoms with E-state index >= 15 is 0 Å². The van der Waals surface area contributed by atoms with Crippen molar-refractivity contribution in [1.29, 1.82) is 0 Å². The van der Waals surface area contributed by atoms with Gasteiger partial charge in [-0.15, -0.1) is 0 Å². The van der Waals surface area contributed by atoms with E-state index in [2.05, 4.69) is 45.9 Å². The van der Waals surface area contributed by atoms with Crippen LogP contribution in [0.2, 0.25) is 0 Å². The first-order chi connectivity index (χ1) is 9.42. The number of para-hydroxylation sites is 1. The molecule has 4 heteroatoms. The maximum absolute atomic E-state index is 12.1. The molecule has 1 aromatic carbocycles. The van der Waals surface area contributed by atoms with Gasteiger partial charge in [-0.1, -0.05) is 32.0 Å². The fourth-order valence-electron chi connectivity index (χ4n) is 2.63. The number of amides is 1. The van der Waals surface area contributed by atoms with Crippen molar-refractivity contribution in [2.24, 2.45) is 11.8 Å². The third kappa shape index (κ3) is 3.59. The van der Waals surface area contributed by atoms with Crippen molar-refractivity contribution in [2.45, 2.75) is 34.1 Å². The molecule has 0 aliphatic carbocycles. The zero-order valence-corrected chi connectivity index (χ0v) is 12.6. The molecule has 1 fully saturated rings. The molecule has 1 atom stereocenters. The predicted octanol–water partition coefficient (Wildman–Crippen LogP) is 3.01. The van der Waals surface area contributed by atoms with E-state index in [1.54, 1.807) is 0 Å². The van der Waals surface area contributed by atoms with Crippen LogP contribution in [0.1, 0.15) is 31.4 Å². The van der Waals surface area contributed by atoms with Gasteiger partial charge in [-0.25, -0.2) is 0 Å². The molecule has 1 heterocycles. The summed E-state index contributed by atoms with van der Waals surface area (Å²) < 4.78 is 0. The van der Waals surface area contributed by atoms with Crippen molar-refractivity contribution < 1.29 is 14.7 Å². The molecule has 0 saturated carbocycles. The molecule has 1 unspecified atom stereocenters. The van der Waals surface area contributed by atoms with Gasteiger partial charge in [0.1, 0.15) is 0 Å². The molecule has 0 radical (unpaired) electrons. The van der Waals surface area contributed by atoms with Crippen LogP contribution in [0.5, 0.6) is 0 Å². The van der Waals surface area contributed by atoms with Crippen LogP contribution >= 0.6 is 0 Å². The Bertz CT molecular complexity index is 462. The molecule has 1 saturated heterocycles. The van der Waals surface area contributed by atoms with Gasteiger partial charge in [-0.05, 0) is 36.8 Å². The molecule has 1 aliphatic rings. The van der Waals surface area contributed by atoms with E-state index in [1.807, 2.05) is 4.90 Å². The van der Waals surface area contributed by atoms with E-state index < -0.39 is 0 Å². The number of hydrogen-bond donors (Lipinski definition) is 1. The van der Waals surface area contributed by atoms with Crippen molar-refractivity contribution in [3.05, 3.63) is 29.3 Å². The highest BCUT2D eigenvalue weighted by molar-refractivity contribution is 5.97. The topological polar surface area (TPSA) is 57.6 Å². The van der Waals surface area contributed by atoms with Crippen molar-refractivity contribution in [3.8, 4) is 0 Å². The van der Waals surface area contributed by atoms with Gasteiger partial charge in [0.05, 0.1) is 0 Å². The third-order valence-corrected chi connectivity index (χ3v) is 3.81. The first-order valence-corrected chi connectivity index (χ1v) is 6.86. The largest absolute Gasteiger partial charge is 0.483 e. The number of anilines is 1. The summed E-state index contributed by atoms with van der Waals surface area (Å²) >= 11 is 0. The predicted molar refractivity (Wildman–Crippen MR) is 79.9 cm³/mol. The molecule has 110 valence electrons. The molecule has 1 aromatic rings. The molecule has 1 aliphatic heterocycles. The number of carbonyl (C=O) groups is 2. The molecule has 2 rings (SSSR count). The van der Waals surface area contributed by atoms with Crippen molar-refractivity contribution in [1.82, 2.24) is 0 Å². The van der Waals surface area contributed by atoms with Gasteiger partial charge in [0.2, 0.25) is 5.91 Å². The van der Waals surface area contributed by atoms with Crippen LogP contribution in [0.15, 0.2) is 18.2 Å². The first kappa shape index (κ1) is 16.2. The Balaban J connectivity index is 0.000000612. The lowest BCUT2D eigenvalue weighted by Crippen LogP contribution is -2.26. The van der Waals surface area contributed by atoms with E-state index in [4.69, 9.17) is 9.90 Å². The van der Waals surface area contributed by atoms with E-state index in [0.717, 1.165) is 12.2 Å². The molecular weight excluding hydrogens is 254 g/mol. The van der Waals surface area contributed by atoms with Gasteiger partial charge in [-0.3, -0.25) is 9.59 Å². The van der Waals surface area contributed by atoms with Crippen LogP contribution in [0.25, 0.3) is 0 Å². The Morgan fingerprint density at radius 2 is 1.80 bits per heavy atom. The van der Waals surface area contributed by atoms with Gasteiger partial charge in [0, 0.05) is 18.7 Å². The highest BCUT2D eigenvalue weighted by Crippen LogP contribution is 2.33. The standard InChI is InChI=1S/C15H21NO.CH2O2/c1-10(2)13-8-14(17)16(9-13)15-11(3)6-5-7-12(15)4;2-1-3/h5-7,10,13H,8-9H2,1-4H3;1H,(H,2,3). The van der Waals surface area contributed by atoms with E-state index in [0.29, 0.717) is 18.3 Å². The maximum atomic E-state index is 12.1. The summed E-state index contributed by atoms with van der Waals surface area (Å²) in [5.41, 5.74) is 3.52. The quantitative estimate of drug-likeness (QED) is 0.845. The molecule has 1 N–H and O–H groups in total. The van der Waals surface area contributed by atoms with Gasteiger partial charge in [0.15, 0.2) is 0 Å². The van der Waals surface area contributed by atoms with E-state index in [1.165, 1.54) is 11.1 Å². The highest BCUT2D eigenvalue weighted by atomic mass is 16.3. The maximum Gasteiger partial charge on any atom is 0.290 e. The van der Waals surface area contributed by atoms with Crippen molar-refractivity contribution in [3.63, 3.8) is 0 Å². The molecule has 4 nitrogen and oxygen atoms in total. The van der Waals surface area contributed by atoms with Gasteiger partial charge >= 0.3 is 0 Å². The first-order valence-electron chi connectivity index (χ1n) is 6.86. The average molecular weight is 277 g/mol. The second-order valence-corrected chi connectivity index (χ2v) is 5.56. The van der Waals surface area contributed by atoms with Crippen molar-refractivity contribution in [2.75, 3.05) is 11.4 Å². The Morgan fingerprint density at radius 1 is 1.30 bits per heavy atom. The third-order valence-electron chi connectivity index (χ3n) is 3.81.